The Morgan fingerprint density at radius 3 is 2.75 bits per heavy atom. The molecule has 0 aromatic heterocycles. The van der Waals surface area contributed by atoms with E-state index in [-0.39, 0.29) is 11.6 Å². The summed E-state index contributed by atoms with van der Waals surface area (Å²) in [5.74, 6) is -1.64. The molecule has 1 aliphatic rings. The van der Waals surface area contributed by atoms with Crippen LogP contribution in [0.2, 0.25) is 0 Å². The zero-order chi connectivity index (χ0) is 17.1. The molecule has 5 nitrogen and oxygen atoms in total. The van der Waals surface area contributed by atoms with Crippen LogP contribution in [0, 0.1) is 5.82 Å². The molecule has 0 aliphatic carbocycles. The molecule has 2 aromatic carbocycles. The summed E-state index contributed by atoms with van der Waals surface area (Å²) in [6, 6.07) is 12.2. The van der Waals surface area contributed by atoms with Crippen molar-refractivity contribution in [1.82, 2.24) is 0 Å². The fraction of sp³-hybridized carbons (Fsp3) is 0.0556. The molecular formula is C18H12FNO4. The molecule has 1 aliphatic heterocycles. The zero-order valence-corrected chi connectivity index (χ0v) is 12.7. The summed E-state index contributed by atoms with van der Waals surface area (Å²) in [5.41, 5.74) is 1.15. The monoisotopic (exact) mass is 325 g/mol. The van der Waals surface area contributed by atoms with E-state index in [4.69, 9.17) is 9.47 Å². The lowest BCUT2D eigenvalue weighted by atomic mass is 10.1. The van der Waals surface area contributed by atoms with E-state index in [9.17, 15) is 14.0 Å². The van der Waals surface area contributed by atoms with Crippen LogP contribution in [0.1, 0.15) is 21.5 Å². The number of esters is 2. The molecule has 0 bridgehead atoms. The van der Waals surface area contributed by atoms with Gasteiger partial charge < -0.3 is 9.47 Å². The molecule has 6 heteroatoms. The van der Waals surface area contributed by atoms with E-state index in [1.807, 2.05) is 0 Å². The third-order valence-electron chi connectivity index (χ3n) is 3.35. The number of carbonyl (C=O) groups is 2. The van der Waals surface area contributed by atoms with E-state index in [2.05, 4.69) is 4.99 Å². The van der Waals surface area contributed by atoms with Crippen LogP contribution in [-0.4, -0.2) is 24.9 Å². The first-order valence-electron chi connectivity index (χ1n) is 7.04. The highest BCUT2D eigenvalue weighted by atomic mass is 19.1. The number of rotatable bonds is 3. The lowest BCUT2D eigenvalue weighted by Crippen LogP contribution is -2.06. The average Bonchev–Trinajstić information content (AvgIpc) is 2.95. The van der Waals surface area contributed by atoms with Gasteiger partial charge in [0.2, 0.25) is 5.90 Å². The van der Waals surface area contributed by atoms with Crippen molar-refractivity contribution < 1.29 is 23.5 Å². The van der Waals surface area contributed by atoms with E-state index < -0.39 is 17.8 Å². The minimum atomic E-state index is -0.672. The van der Waals surface area contributed by atoms with Crippen molar-refractivity contribution in [1.29, 1.82) is 0 Å². The number of carbonyl (C=O) groups excluding carboxylic acids is 2. The summed E-state index contributed by atoms with van der Waals surface area (Å²) in [7, 11) is 1.27. The second kappa shape index (κ2) is 6.45. The van der Waals surface area contributed by atoms with Crippen molar-refractivity contribution in [2.24, 2.45) is 4.99 Å². The average molecular weight is 325 g/mol. The molecule has 24 heavy (non-hydrogen) atoms. The number of nitrogens with zero attached hydrogens (tertiary/aromatic N) is 1. The molecule has 0 unspecified atom stereocenters. The number of ether oxygens (including phenoxy) is 2. The maximum absolute atomic E-state index is 13.3. The number of hydrogen-bond donors (Lipinski definition) is 0. The molecule has 0 radical (unpaired) electrons. The Labute approximate surface area is 137 Å². The largest absolute Gasteiger partial charge is 0.465 e. The van der Waals surface area contributed by atoms with Crippen molar-refractivity contribution in [3.05, 3.63) is 76.7 Å². The number of methoxy groups -OCH3 is 1. The maximum atomic E-state index is 13.3. The van der Waals surface area contributed by atoms with Crippen LogP contribution < -0.4 is 0 Å². The molecule has 0 fully saturated rings. The first-order chi connectivity index (χ1) is 11.6. The second-order valence-electron chi connectivity index (χ2n) is 4.93. The zero-order valence-electron chi connectivity index (χ0n) is 12.7. The van der Waals surface area contributed by atoms with Crippen molar-refractivity contribution in [3.63, 3.8) is 0 Å². The van der Waals surface area contributed by atoms with Gasteiger partial charge in [-0.25, -0.2) is 19.0 Å². The highest BCUT2D eigenvalue weighted by molar-refractivity contribution is 6.13. The summed E-state index contributed by atoms with van der Waals surface area (Å²) < 4.78 is 23.1. The van der Waals surface area contributed by atoms with Crippen LogP contribution in [0.15, 0.2) is 59.2 Å². The van der Waals surface area contributed by atoms with Gasteiger partial charge in [-0.05, 0) is 35.9 Å². The summed E-state index contributed by atoms with van der Waals surface area (Å²) in [6.07, 6.45) is 1.43. The van der Waals surface area contributed by atoms with Gasteiger partial charge in [-0.3, -0.25) is 0 Å². The van der Waals surface area contributed by atoms with Gasteiger partial charge in [-0.1, -0.05) is 24.3 Å². The minimum Gasteiger partial charge on any atom is -0.465 e. The molecule has 0 saturated carbocycles. The third kappa shape index (κ3) is 3.08. The van der Waals surface area contributed by atoms with Crippen LogP contribution in [0.5, 0.6) is 0 Å². The van der Waals surface area contributed by atoms with Crippen molar-refractivity contribution in [2.75, 3.05) is 7.11 Å². The van der Waals surface area contributed by atoms with Crippen molar-refractivity contribution in [3.8, 4) is 0 Å². The Hall–Kier alpha value is -3.28. The molecule has 0 N–H and O–H groups in total. The number of aliphatic imine (C=N–C) groups is 1. The molecular weight excluding hydrogens is 313 g/mol. The molecule has 0 saturated heterocycles. The van der Waals surface area contributed by atoms with E-state index >= 15 is 0 Å². The molecule has 3 rings (SSSR count). The van der Waals surface area contributed by atoms with Gasteiger partial charge in [-0.2, -0.15) is 0 Å². The molecule has 1 heterocycles. The van der Waals surface area contributed by atoms with Gasteiger partial charge >= 0.3 is 11.9 Å². The Morgan fingerprint density at radius 1 is 1.21 bits per heavy atom. The maximum Gasteiger partial charge on any atom is 0.363 e. The van der Waals surface area contributed by atoms with Crippen LogP contribution in [-0.2, 0) is 14.3 Å². The summed E-state index contributed by atoms with van der Waals surface area (Å²) >= 11 is 0. The molecule has 120 valence electrons. The molecule has 0 amide bonds. The topological polar surface area (TPSA) is 65.0 Å². The summed E-state index contributed by atoms with van der Waals surface area (Å²) in [4.78, 5) is 27.8. The first-order valence-corrected chi connectivity index (χ1v) is 7.04. The lowest BCUT2D eigenvalue weighted by molar-refractivity contribution is -0.129. The van der Waals surface area contributed by atoms with Gasteiger partial charge in [0.15, 0.2) is 5.70 Å². The van der Waals surface area contributed by atoms with Gasteiger partial charge in [0.1, 0.15) is 5.82 Å². The summed E-state index contributed by atoms with van der Waals surface area (Å²) in [6.45, 7) is 0. The molecule has 0 atom stereocenters. The standard InChI is InChI=1S/C18H12FNO4/c1-23-17(21)14-8-3-2-5-11(14)10-15-18(22)24-16(20-15)12-6-4-7-13(19)9-12/h2-10H,1H3. The van der Waals surface area contributed by atoms with E-state index in [1.165, 1.54) is 31.4 Å². The number of benzene rings is 2. The van der Waals surface area contributed by atoms with Crippen LogP contribution in [0.25, 0.3) is 6.08 Å². The quantitative estimate of drug-likeness (QED) is 0.643. The van der Waals surface area contributed by atoms with E-state index in [1.54, 1.807) is 30.3 Å². The second-order valence-corrected chi connectivity index (χ2v) is 4.93. The van der Waals surface area contributed by atoms with Crippen LogP contribution in [0.4, 0.5) is 4.39 Å². The predicted octanol–water partition coefficient (Wildman–Crippen LogP) is 2.96. The highest BCUT2D eigenvalue weighted by Crippen LogP contribution is 2.21. The highest BCUT2D eigenvalue weighted by Gasteiger charge is 2.25. The van der Waals surface area contributed by atoms with E-state index in [0.717, 1.165) is 0 Å². The Morgan fingerprint density at radius 2 is 2.00 bits per heavy atom. The predicted molar refractivity (Wildman–Crippen MR) is 84.8 cm³/mol. The Kier molecular flexibility index (Phi) is 4.20. The minimum absolute atomic E-state index is 0.0151. The normalized spacial score (nSPS) is 15.2. The van der Waals surface area contributed by atoms with Crippen LogP contribution >= 0.6 is 0 Å². The number of hydrogen-bond acceptors (Lipinski definition) is 5. The van der Waals surface area contributed by atoms with Gasteiger partial charge in [0.05, 0.1) is 12.7 Å². The first kappa shape index (κ1) is 15.6. The van der Waals surface area contributed by atoms with Gasteiger partial charge in [-0.15, -0.1) is 0 Å². The van der Waals surface area contributed by atoms with E-state index in [0.29, 0.717) is 16.7 Å². The fourth-order valence-corrected chi connectivity index (χ4v) is 2.22. The Bertz CT molecular complexity index is 886. The SMILES string of the molecule is COC(=O)c1ccccc1C=C1N=C(c2cccc(F)c2)OC1=O. The lowest BCUT2D eigenvalue weighted by Gasteiger charge is -2.03. The van der Waals surface area contributed by atoms with Crippen molar-refractivity contribution >= 4 is 23.9 Å². The molecule has 0 spiro atoms. The summed E-state index contributed by atoms with van der Waals surface area (Å²) in [5, 5.41) is 0. The smallest absolute Gasteiger partial charge is 0.363 e. The fourth-order valence-electron chi connectivity index (χ4n) is 2.22. The van der Waals surface area contributed by atoms with Gasteiger partial charge in [0, 0.05) is 5.56 Å². The Balaban J connectivity index is 1.99. The van der Waals surface area contributed by atoms with Gasteiger partial charge in [0.25, 0.3) is 0 Å². The van der Waals surface area contributed by atoms with Crippen molar-refractivity contribution in [2.45, 2.75) is 0 Å². The van der Waals surface area contributed by atoms with Crippen LogP contribution in [0.3, 0.4) is 0 Å². The number of cyclic esters (lactones) is 1. The molecule has 2 aromatic rings. The third-order valence-corrected chi connectivity index (χ3v) is 3.35. The number of halogens is 1.